The summed E-state index contributed by atoms with van der Waals surface area (Å²) >= 11 is 0. The molecule has 0 fully saturated rings. The van der Waals surface area contributed by atoms with Crippen molar-refractivity contribution in [1.29, 1.82) is 0 Å². The molecule has 0 unspecified atom stereocenters. The Morgan fingerprint density at radius 2 is 1.88 bits per heavy atom. The number of carbonyl (C=O) groups excluding carboxylic acids is 1. The fourth-order valence-electron chi connectivity index (χ4n) is 2.11. The van der Waals surface area contributed by atoms with Crippen LogP contribution in [0, 0.1) is 10.1 Å². The van der Waals surface area contributed by atoms with Crippen LogP contribution >= 0.6 is 0 Å². The normalized spacial score (nSPS) is 10.6. The Morgan fingerprint density at radius 1 is 1.19 bits per heavy atom. The number of para-hydroxylation sites is 1. The number of benzene rings is 2. The summed E-state index contributed by atoms with van der Waals surface area (Å²) in [7, 11) is 0. The van der Waals surface area contributed by atoms with Crippen LogP contribution in [-0.4, -0.2) is 74.0 Å². The molecule has 2 aromatic rings. The molecule has 1 N–H and O–H groups in total. The molecule has 131 valence electrons. The molecule has 2 rings (SSSR count). The van der Waals surface area contributed by atoms with E-state index in [1.54, 1.807) is 6.92 Å². The smallest absolute Gasteiger partial charge is 0.373 e. The van der Waals surface area contributed by atoms with E-state index in [1.165, 1.54) is 18.2 Å². The molecule has 0 aliphatic rings. The van der Waals surface area contributed by atoms with Crippen LogP contribution in [0.5, 0.6) is 5.75 Å². The SMILES string of the molecule is CCOC(=O)C(O)=Cc1cccc(OCc2ccccc2)c1[N+](=O)[O-].[K]. The van der Waals surface area contributed by atoms with Crippen LogP contribution in [-0.2, 0) is 16.1 Å². The minimum absolute atomic E-state index is 0. The molecule has 0 aliphatic heterocycles. The van der Waals surface area contributed by atoms with Crippen LogP contribution in [0.25, 0.3) is 6.08 Å². The first-order valence-electron chi connectivity index (χ1n) is 7.54. The number of ether oxygens (including phenoxy) is 2. The Balaban J connectivity index is 0.00000338. The van der Waals surface area contributed by atoms with Crippen molar-refractivity contribution in [1.82, 2.24) is 0 Å². The van der Waals surface area contributed by atoms with E-state index < -0.39 is 16.7 Å². The molecule has 0 atom stereocenters. The summed E-state index contributed by atoms with van der Waals surface area (Å²) in [5.74, 6) is -1.63. The minimum atomic E-state index is -0.951. The largest absolute Gasteiger partial charge is 0.502 e. The van der Waals surface area contributed by atoms with Crippen molar-refractivity contribution in [3.05, 3.63) is 75.5 Å². The number of esters is 1. The van der Waals surface area contributed by atoms with E-state index in [2.05, 4.69) is 4.74 Å². The van der Waals surface area contributed by atoms with Crippen molar-refractivity contribution in [2.45, 2.75) is 13.5 Å². The molecule has 0 bridgehead atoms. The quantitative estimate of drug-likeness (QED) is 0.197. The first-order valence-corrected chi connectivity index (χ1v) is 7.54. The number of hydrogen-bond donors (Lipinski definition) is 1. The van der Waals surface area contributed by atoms with Crippen LogP contribution in [0.3, 0.4) is 0 Å². The number of hydrogen-bond acceptors (Lipinski definition) is 6. The van der Waals surface area contributed by atoms with Crippen LogP contribution in [0.1, 0.15) is 18.1 Å². The van der Waals surface area contributed by atoms with Crippen molar-refractivity contribution in [2.24, 2.45) is 0 Å². The van der Waals surface area contributed by atoms with Gasteiger partial charge in [0.1, 0.15) is 6.61 Å². The summed E-state index contributed by atoms with van der Waals surface area (Å²) in [4.78, 5) is 22.3. The van der Waals surface area contributed by atoms with Crippen molar-refractivity contribution in [3.8, 4) is 5.75 Å². The van der Waals surface area contributed by atoms with E-state index >= 15 is 0 Å². The molecule has 26 heavy (non-hydrogen) atoms. The number of nitro groups is 1. The molecule has 0 saturated carbocycles. The molecule has 0 aliphatic carbocycles. The molecule has 0 amide bonds. The summed E-state index contributed by atoms with van der Waals surface area (Å²) in [6.07, 6.45) is 0.992. The molecule has 7 nitrogen and oxygen atoms in total. The number of nitrogens with zero attached hydrogens (tertiary/aromatic N) is 1. The fourth-order valence-corrected chi connectivity index (χ4v) is 2.11. The number of aliphatic hydroxyl groups excluding tert-OH is 1. The summed E-state index contributed by atoms with van der Waals surface area (Å²) in [6, 6.07) is 13.6. The van der Waals surface area contributed by atoms with Gasteiger partial charge >= 0.3 is 11.7 Å². The maximum Gasteiger partial charge on any atom is 0.373 e. The predicted octanol–water partition coefficient (Wildman–Crippen LogP) is 3.26. The minimum Gasteiger partial charge on any atom is -0.502 e. The Bertz CT molecular complexity index is 792. The van der Waals surface area contributed by atoms with Crippen LogP contribution in [0.15, 0.2) is 54.3 Å². The molecule has 0 heterocycles. The number of carbonyl (C=O) groups is 1. The van der Waals surface area contributed by atoms with Gasteiger partial charge in [-0.1, -0.05) is 36.4 Å². The molecular weight excluding hydrogens is 365 g/mol. The van der Waals surface area contributed by atoms with Gasteiger partial charge in [-0.05, 0) is 24.6 Å². The van der Waals surface area contributed by atoms with Gasteiger partial charge in [0.2, 0.25) is 5.76 Å². The Morgan fingerprint density at radius 3 is 2.50 bits per heavy atom. The van der Waals surface area contributed by atoms with E-state index in [1.807, 2.05) is 30.3 Å². The number of nitro benzene ring substituents is 1. The van der Waals surface area contributed by atoms with Gasteiger partial charge in [-0.3, -0.25) is 10.1 Å². The second-order valence-electron chi connectivity index (χ2n) is 4.98. The van der Waals surface area contributed by atoms with Crippen LogP contribution < -0.4 is 4.74 Å². The van der Waals surface area contributed by atoms with E-state index in [-0.39, 0.29) is 81.6 Å². The van der Waals surface area contributed by atoms with Gasteiger partial charge in [0.25, 0.3) is 0 Å². The van der Waals surface area contributed by atoms with Gasteiger partial charge in [-0.25, -0.2) is 4.79 Å². The zero-order chi connectivity index (χ0) is 18.2. The van der Waals surface area contributed by atoms with Gasteiger partial charge in [0.05, 0.1) is 17.1 Å². The molecular formula is C18H17KNO6. The van der Waals surface area contributed by atoms with Gasteiger partial charge in [0, 0.05) is 57.5 Å². The van der Waals surface area contributed by atoms with Crippen LogP contribution in [0.4, 0.5) is 5.69 Å². The molecule has 1 radical (unpaired) electrons. The second-order valence-corrected chi connectivity index (χ2v) is 4.98. The predicted molar refractivity (Wildman–Crippen MR) is 96.9 cm³/mol. The maximum absolute atomic E-state index is 11.5. The first kappa shape index (κ1) is 22.3. The van der Waals surface area contributed by atoms with Crippen molar-refractivity contribution < 1.29 is 24.3 Å². The molecule has 2 aromatic carbocycles. The van der Waals surface area contributed by atoms with Gasteiger partial charge in [-0.15, -0.1) is 0 Å². The first-order chi connectivity index (χ1) is 12.0. The zero-order valence-corrected chi connectivity index (χ0v) is 17.7. The van der Waals surface area contributed by atoms with Gasteiger partial charge in [0.15, 0.2) is 5.75 Å². The van der Waals surface area contributed by atoms with Crippen LogP contribution in [0.2, 0.25) is 0 Å². The Kier molecular flexibility index (Phi) is 9.53. The van der Waals surface area contributed by atoms with E-state index in [0.717, 1.165) is 11.6 Å². The third-order valence-electron chi connectivity index (χ3n) is 3.23. The summed E-state index contributed by atoms with van der Waals surface area (Å²) in [5, 5.41) is 21.2. The summed E-state index contributed by atoms with van der Waals surface area (Å²) < 4.78 is 10.2. The van der Waals surface area contributed by atoms with Crippen molar-refractivity contribution in [3.63, 3.8) is 0 Å². The Labute approximate surface area is 193 Å². The molecule has 8 heteroatoms. The molecule has 0 saturated heterocycles. The van der Waals surface area contributed by atoms with Gasteiger partial charge < -0.3 is 14.6 Å². The second kappa shape index (κ2) is 11.1. The number of aliphatic hydroxyl groups is 1. The zero-order valence-electron chi connectivity index (χ0n) is 14.5. The van der Waals surface area contributed by atoms with E-state index in [0.29, 0.717) is 0 Å². The summed E-state index contributed by atoms with van der Waals surface area (Å²) in [5.41, 5.74) is 0.558. The standard InChI is InChI=1S/C18H17NO6.K/c1-2-24-18(21)15(20)11-14-9-6-10-16(17(14)19(22)23)25-12-13-7-4-3-5-8-13;/h3-11,20H,2,12H2,1H3;. The van der Waals surface area contributed by atoms with Crippen molar-refractivity contribution >= 4 is 69.1 Å². The molecule has 0 aromatic heterocycles. The number of rotatable bonds is 7. The van der Waals surface area contributed by atoms with Gasteiger partial charge in [-0.2, -0.15) is 0 Å². The topological polar surface area (TPSA) is 98.9 Å². The van der Waals surface area contributed by atoms with E-state index in [4.69, 9.17) is 4.74 Å². The summed E-state index contributed by atoms with van der Waals surface area (Å²) in [6.45, 7) is 1.82. The maximum atomic E-state index is 11.5. The van der Waals surface area contributed by atoms with E-state index in [9.17, 15) is 20.0 Å². The molecule has 0 spiro atoms. The monoisotopic (exact) mass is 382 g/mol. The van der Waals surface area contributed by atoms with Crippen molar-refractivity contribution in [2.75, 3.05) is 6.61 Å². The Hall–Kier alpha value is -1.71. The third-order valence-corrected chi connectivity index (χ3v) is 3.23. The average Bonchev–Trinajstić information content (AvgIpc) is 2.60. The fraction of sp³-hybridized carbons (Fsp3) is 0.167. The third kappa shape index (κ3) is 6.22. The average molecular weight is 382 g/mol.